The van der Waals surface area contributed by atoms with Crippen LogP contribution in [0.1, 0.15) is 31.2 Å². The van der Waals surface area contributed by atoms with Crippen molar-refractivity contribution in [2.24, 2.45) is 0 Å². The molecule has 21 heavy (non-hydrogen) atoms. The summed E-state index contributed by atoms with van der Waals surface area (Å²) in [5, 5.41) is 3.69. The number of para-hydroxylation sites is 1. The predicted molar refractivity (Wildman–Crippen MR) is 81.0 cm³/mol. The van der Waals surface area contributed by atoms with E-state index >= 15 is 0 Å². The molecule has 0 bridgehead atoms. The molecule has 0 radical (unpaired) electrons. The zero-order valence-electron chi connectivity index (χ0n) is 11.9. The van der Waals surface area contributed by atoms with Gasteiger partial charge in [0.15, 0.2) is 11.5 Å². The lowest BCUT2D eigenvalue weighted by atomic mass is 10.2. The van der Waals surface area contributed by atoms with Crippen LogP contribution in [-0.2, 0) is 6.54 Å². The fourth-order valence-electron chi connectivity index (χ4n) is 2.10. The third-order valence-electron chi connectivity index (χ3n) is 3.17. The number of benzene rings is 1. The molecule has 0 amide bonds. The average molecular weight is 306 g/mol. The Morgan fingerprint density at radius 1 is 1.29 bits per heavy atom. The number of halogens is 1. The summed E-state index contributed by atoms with van der Waals surface area (Å²) in [7, 11) is 0. The molecule has 3 rings (SSSR count). The molecule has 0 aliphatic carbocycles. The van der Waals surface area contributed by atoms with Crippen LogP contribution in [0.3, 0.4) is 0 Å². The Labute approximate surface area is 128 Å². The molecule has 1 aliphatic heterocycles. The molecule has 2 aromatic rings. The molecule has 0 saturated heterocycles. The number of fused-ring (bicyclic) bond motifs is 1. The Hall–Kier alpha value is -2.01. The smallest absolute Gasteiger partial charge is 0.231 e. The van der Waals surface area contributed by atoms with Crippen molar-refractivity contribution in [3.8, 4) is 11.5 Å². The van der Waals surface area contributed by atoms with Gasteiger partial charge in [-0.05, 0) is 6.07 Å². The van der Waals surface area contributed by atoms with E-state index in [0.29, 0.717) is 17.5 Å². The second-order valence-corrected chi connectivity index (χ2v) is 5.48. The summed E-state index contributed by atoms with van der Waals surface area (Å²) in [6, 6.07) is 7.54. The van der Waals surface area contributed by atoms with Crippen molar-refractivity contribution in [1.29, 1.82) is 0 Å². The van der Waals surface area contributed by atoms with Crippen molar-refractivity contribution in [2.45, 2.75) is 26.3 Å². The Bertz CT molecular complexity index is 661. The Balaban J connectivity index is 1.78. The summed E-state index contributed by atoms with van der Waals surface area (Å²) >= 11 is 6.03. The number of aromatic nitrogens is 2. The van der Waals surface area contributed by atoms with Crippen LogP contribution in [-0.4, -0.2) is 16.8 Å². The van der Waals surface area contributed by atoms with Crippen molar-refractivity contribution in [3.05, 3.63) is 40.8 Å². The van der Waals surface area contributed by atoms with E-state index < -0.39 is 0 Å². The van der Waals surface area contributed by atoms with Crippen LogP contribution in [0.25, 0.3) is 0 Å². The van der Waals surface area contributed by atoms with Gasteiger partial charge in [-0.2, -0.15) is 0 Å². The van der Waals surface area contributed by atoms with E-state index in [1.807, 2.05) is 32.0 Å². The van der Waals surface area contributed by atoms with Crippen LogP contribution in [0.4, 0.5) is 5.82 Å². The summed E-state index contributed by atoms with van der Waals surface area (Å²) in [5.74, 6) is 3.21. The standard InChI is InChI=1S/C15H16ClN3O2/c1-9(2)15-18-12(16)6-13(19-15)17-7-10-4-3-5-11-14(10)21-8-20-11/h3-6,9H,7-8H2,1-2H3,(H,17,18,19). The number of ether oxygens (including phenoxy) is 2. The number of nitrogens with zero attached hydrogens (tertiary/aromatic N) is 2. The minimum Gasteiger partial charge on any atom is -0.454 e. The minimum absolute atomic E-state index is 0.224. The van der Waals surface area contributed by atoms with Crippen molar-refractivity contribution < 1.29 is 9.47 Å². The molecule has 110 valence electrons. The van der Waals surface area contributed by atoms with Crippen LogP contribution in [0.5, 0.6) is 11.5 Å². The molecule has 0 saturated carbocycles. The van der Waals surface area contributed by atoms with E-state index in [-0.39, 0.29) is 12.7 Å². The summed E-state index contributed by atoms with van der Waals surface area (Å²) in [4.78, 5) is 8.68. The number of nitrogens with one attached hydrogen (secondary N) is 1. The monoisotopic (exact) mass is 305 g/mol. The lowest BCUT2D eigenvalue weighted by Gasteiger charge is -2.11. The van der Waals surface area contributed by atoms with Gasteiger partial charge in [0.1, 0.15) is 16.8 Å². The SMILES string of the molecule is CC(C)c1nc(Cl)cc(NCc2cccc3c2OCO3)n1. The zero-order chi connectivity index (χ0) is 14.8. The first-order valence-corrected chi connectivity index (χ1v) is 7.17. The van der Waals surface area contributed by atoms with E-state index in [1.54, 1.807) is 6.07 Å². The molecular weight excluding hydrogens is 290 g/mol. The number of hydrogen-bond donors (Lipinski definition) is 1. The summed E-state index contributed by atoms with van der Waals surface area (Å²) in [5.41, 5.74) is 1.02. The second kappa shape index (κ2) is 5.77. The first-order valence-electron chi connectivity index (χ1n) is 6.79. The molecule has 0 unspecified atom stereocenters. The highest BCUT2D eigenvalue weighted by Crippen LogP contribution is 2.35. The van der Waals surface area contributed by atoms with Crippen LogP contribution < -0.4 is 14.8 Å². The highest BCUT2D eigenvalue weighted by molar-refractivity contribution is 6.29. The van der Waals surface area contributed by atoms with Gasteiger partial charge >= 0.3 is 0 Å². The maximum Gasteiger partial charge on any atom is 0.231 e. The highest BCUT2D eigenvalue weighted by Gasteiger charge is 2.17. The van der Waals surface area contributed by atoms with Gasteiger partial charge in [-0.15, -0.1) is 0 Å². The molecular formula is C15H16ClN3O2. The molecule has 1 N–H and O–H groups in total. The number of anilines is 1. The van der Waals surface area contributed by atoms with Crippen molar-refractivity contribution in [1.82, 2.24) is 9.97 Å². The van der Waals surface area contributed by atoms with Crippen molar-refractivity contribution in [2.75, 3.05) is 12.1 Å². The van der Waals surface area contributed by atoms with Crippen LogP contribution >= 0.6 is 11.6 Å². The molecule has 1 aliphatic rings. The molecule has 1 aromatic heterocycles. The van der Waals surface area contributed by atoms with Gasteiger partial charge in [-0.3, -0.25) is 0 Å². The molecule has 5 nitrogen and oxygen atoms in total. The molecule has 1 aromatic carbocycles. The third kappa shape index (κ3) is 3.03. The Morgan fingerprint density at radius 2 is 2.14 bits per heavy atom. The van der Waals surface area contributed by atoms with Gasteiger partial charge in [-0.1, -0.05) is 37.6 Å². The summed E-state index contributed by atoms with van der Waals surface area (Å²) in [6.07, 6.45) is 0. The quantitative estimate of drug-likeness (QED) is 0.875. The normalized spacial score (nSPS) is 12.8. The highest BCUT2D eigenvalue weighted by atomic mass is 35.5. The Kier molecular flexibility index (Phi) is 3.84. The van der Waals surface area contributed by atoms with Crippen LogP contribution in [0.2, 0.25) is 5.15 Å². The van der Waals surface area contributed by atoms with Gasteiger partial charge in [0, 0.05) is 24.1 Å². The van der Waals surface area contributed by atoms with E-state index in [2.05, 4.69) is 15.3 Å². The zero-order valence-corrected chi connectivity index (χ0v) is 12.6. The van der Waals surface area contributed by atoms with E-state index in [1.165, 1.54) is 0 Å². The maximum absolute atomic E-state index is 6.03. The van der Waals surface area contributed by atoms with Crippen molar-refractivity contribution >= 4 is 17.4 Å². The second-order valence-electron chi connectivity index (χ2n) is 5.09. The first kappa shape index (κ1) is 13.9. The molecule has 6 heteroatoms. The van der Waals surface area contributed by atoms with E-state index in [4.69, 9.17) is 21.1 Å². The summed E-state index contributed by atoms with van der Waals surface area (Å²) < 4.78 is 10.8. The van der Waals surface area contributed by atoms with Gasteiger partial charge in [0.2, 0.25) is 6.79 Å². The van der Waals surface area contributed by atoms with Gasteiger partial charge in [0.25, 0.3) is 0 Å². The lowest BCUT2D eigenvalue weighted by molar-refractivity contribution is 0.173. The fourth-order valence-corrected chi connectivity index (χ4v) is 2.29. The first-order chi connectivity index (χ1) is 10.1. The lowest BCUT2D eigenvalue weighted by Crippen LogP contribution is -2.06. The van der Waals surface area contributed by atoms with Crippen LogP contribution in [0, 0.1) is 0 Å². The summed E-state index contributed by atoms with van der Waals surface area (Å²) in [6.45, 7) is 4.91. The van der Waals surface area contributed by atoms with Gasteiger partial charge in [0.05, 0.1) is 0 Å². The molecule has 2 heterocycles. The minimum atomic E-state index is 0.224. The third-order valence-corrected chi connectivity index (χ3v) is 3.36. The maximum atomic E-state index is 6.03. The molecule has 0 atom stereocenters. The van der Waals surface area contributed by atoms with Gasteiger partial charge < -0.3 is 14.8 Å². The topological polar surface area (TPSA) is 56.3 Å². The largest absolute Gasteiger partial charge is 0.454 e. The van der Waals surface area contributed by atoms with Crippen LogP contribution in [0.15, 0.2) is 24.3 Å². The number of hydrogen-bond acceptors (Lipinski definition) is 5. The van der Waals surface area contributed by atoms with Gasteiger partial charge in [-0.25, -0.2) is 9.97 Å². The Morgan fingerprint density at radius 3 is 2.95 bits per heavy atom. The molecule has 0 fully saturated rings. The predicted octanol–water partition coefficient (Wildman–Crippen LogP) is 3.59. The van der Waals surface area contributed by atoms with E-state index in [0.717, 1.165) is 22.9 Å². The molecule has 0 spiro atoms. The van der Waals surface area contributed by atoms with Crippen molar-refractivity contribution in [3.63, 3.8) is 0 Å². The average Bonchev–Trinajstić information content (AvgIpc) is 2.93. The number of rotatable bonds is 4. The van der Waals surface area contributed by atoms with E-state index in [9.17, 15) is 0 Å². The fraction of sp³-hybridized carbons (Fsp3) is 0.333.